The van der Waals surface area contributed by atoms with Crippen LogP contribution in [0.1, 0.15) is 37.9 Å². The Morgan fingerprint density at radius 2 is 2.05 bits per heavy atom. The van der Waals surface area contributed by atoms with Gasteiger partial charge in [0, 0.05) is 5.71 Å². The molecule has 0 bridgehead atoms. The molecule has 0 aromatic carbocycles. The summed E-state index contributed by atoms with van der Waals surface area (Å²) in [6.45, 7) is 6.82. The summed E-state index contributed by atoms with van der Waals surface area (Å²) in [7, 11) is 0. The second-order valence-corrected chi connectivity index (χ2v) is 4.60. The Kier molecular flexibility index (Phi) is 2.85. The minimum Gasteiger partial charge on any atom is -0.257 e. The molecule has 6 heteroatoms. The summed E-state index contributed by atoms with van der Waals surface area (Å²) in [6, 6.07) is 2.05. The summed E-state index contributed by atoms with van der Waals surface area (Å²) in [5.41, 5.74) is 4.05. The molecule has 2 aromatic heterocycles. The van der Waals surface area contributed by atoms with E-state index in [4.69, 9.17) is 0 Å². The average molecular weight is 256 g/mol. The molecular formula is C13H16N6. The van der Waals surface area contributed by atoms with E-state index in [9.17, 15) is 0 Å². The number of amidine groups is 1. The van der Waals surface area contributed by atoms with E-state index in [2.05, 4.69) is 45.2 Å². The third kappa shape index (κ3) is 1.93. The Morgan fingerprint density at radius 1 is 1.21 bits per heavy atom. The lowest BCUT2D eigenvalue weighted by Crippen LogP contribution is -2.08. The minimum atomic E-state index is 0.629. The van der Waals surface area contributed by atoms with Crippen molar-refractivity contribution in [1.29, 1.82) is 0 Å². The van der Waals surface area contributed by atoms with Crippen LogP contribution in [0.2, 0.25) is 0 Å². The molecule has 0 fully saturated rings. The van der Waals surface area contributed by atoms with Crippen molar-refractivity contribution in [3.8, 4) is 0 Å². The third-order valence-electron chi connectivity index (χ3n) is 3.23. The van der Waals surface area contributed by atoms with Crippen molar-refractivity contribution in [1.82, 2.24) is 19.8 Å². The van der Waals surface area contributed by atoms with Crippen LogP contribution in [-0.2, 0) is 12.8 Å². The van der Waals surface area contributed by atoms with Crippen molar-refractivity contribution >= 4 is 17.2 Å². The fourth-order valence-corrected chi connectivity index (χ4v) is 2.21. The van der Waals surface area contributed by atoms with Gasteiger partial charge in [0.15, 0.2) is 11.5 Å². The van der Waals surface area contributed by atoms with Gasteiger partial charge >= 0.3 is 0 Å². The number of rotatable bonds is 3. The van der Waals surface area contributed by atoms with Crippen molar-refractivity contribution in [3.63, 3.8) is 0 Å². The van der Waals surface area contributed by atoms with E-state index in [1.165, 1.54) is 5.56 Å². The van der Waals surface area contributed by atoms with Crippen LogP contribution in [0, 0.1) is 0 Å². The Bertz CT molecular complexity index is 694. The lowest BCUT2D eigenvalue weighted by atomic mass is 10.1. The number of fused-ring (bicyclic) bond motifs is 1. The van der Waals surface area contributed by atoms with E-state index in [0.717, 1.165) is 29.9 Å². The molecule has 19 heavy (non-hydrogen) atoms. The number of nitrogens with zero attached hydrogens (tertiary/aromatic N) is 6. The first kappa shape index (κ1) is 12.0. The van der Waals surface area contributed by atoms with Gasteiger partial charge in [0.25, 0.3) is 0 Å². The van der Waals surface area contributed by atoms with Gasteiger partial charge in [-0.05, 0) is 31.4 Å². The van der Waals surface area contributed by atoms with E-state index in [0.29, 0.717) is 18.2 Å². The van der Waals surface area contributed by atoms with Crippen LogP contribution < -0.4 is 0 Å². The van der Waals surface area contributed by atoms with E-state index in [1.54, 1.807) is 4.52 Å². The van der Waals surface area contributed by atoms with Gasteiger partial charge in [-0.25, -0.2) is 4.99 Å². The molecule has 0 N–H and O–H groups in total. The number of aromatic nitrogens is 4. The van der Waals surface area contributed by atoms with Gasteiger partial charge in [0.05, 0.1) is 12.2 Å². The smallest absolute Gasteiger partial charge is 0.222 e. The largest absolute Gasteiger partial charge is 0.257 e. The first-order valence-electron chi connectivity index (χ1n) is 6.56. The zero-order valence-electron chi connectivity index (χ0n) is 11.4. The van der Waals surface area contributed by atoms with E-state index in [1.807, 2.05) is 6.92 Å². The van der Waals surface area contributed by atoms with Crippen molar-refractivity contribution in [3.05, 3.63) is 23.1 Å². The predicted octanol–water partition coefficient (Wildman–Crippen LogP) is 1.47. The lowest BCUT2D eigenvalue weighted by Gasteiger charge is -2.05. The first-order chi connectivity index (χ1) is 9.22. The molecule has 0 radical (unpaired) electrons. The van der Waals surface area contributed by atoms with E-state index in [-0.39, 0.29) is 0 Å². The number of aliphatic imine (C=N–C) groups is 2. The molecule has 2 aromatic rings. The van der Waals surface area contributed by atoms with Crippen LogP contribution in [0.15, 0.2) is 16.1 Å². The maximum absolute atomic E-state index is 4.64. The van der Waals surface area contributed by atoms with Crippen LogP contribution in [-0.4, -0.2) is 37.9 Å². The van der Waals surface area contributed by atoms with Gasteiger partial charge in [-0.15, -0.1) is 10.2 Å². The Balaban J connectivity index is 2.18. The second kappa shape index (κ2) is 4.53. The summed E-state index contributed by atoms with van der Waals surface area (Å²) in [5.74, 6) is 1.26. The summed E-state index contributed by atoms with van der Waals surface area (Å²) in [4.78, 5) is 8.74. The molecular weight excluding hydrogens is 240 g/mol. The number of hydrogen-bond acceptors (Lipinski definition) is 5. The zero-order valence-corrected chi connectivity index (χ0v) is 11.4. The molecule has 6 nitrogen and oxygen atoms in total. The SMILES string of the molecule is CCc1cc2nnc(C3=NCC(C)=N3)n2nc1CC. The van der Waals surface area contributed by atoms with Crippen LogP contribution in [0.4, 0.5) is 0 Å². The molecule has 0 saturated heterocycles. The molecule has 0 aliphatic carbocycles. The van der Waals surface area contributed by atoms with Crippen molar-refractivity contribution < 1.29 is 0 Å². The maximum atomic E-state index is 4.64. The normalized spacial score (nSPS) is 14.9. The van der Waals surface area contributed by atoms with E-state index < -0.39 is 0 Å². The fourth-order valence-electron chi connectivity index (χ4n) is 2.21. The monoisotopic (exact) mass is 256 g/mol. The Labute approximate surface area is 111 Å². The molecule has 1 aliphatic rings. The number of aryl methyl sites for hydroxylation is 2. The average Bonchev–Trinajstić information content (AvgIpc) is 3.02. The fraction of sp³-hybridized carbons (Fsp3) is 0.462. The van der Waals surface area contributed by atoms with Gasteiger partial charge < -0.3 is 0 Å². The van der Waals surface area contributed by atoms with Crippen molar-refractivity contribution in [2.45, 2.75) is 33.6 Å². The summed E-state index contributed by atoms with van der Waals surface area (Å²) in [5, 5.41) is 13.0. The highest BCUT2D eigenvalue weighted by molar-refractivity contribution is 6.09. The molecule has 0 spiro atoms. The van der Waals surface area contributed by atoms with Crippen LogP contribution in [0.25, 0.3) is 5.65 Å². The third-order valence-corrected chi connectivity index (χ3v) is 3.23. The molecule has 1 aliphatic heterocycles. The molecule has 3 rings (SSSR count). The Morgan fingerprint density at radius 3 is 2.68 bits per heavy atom. The van der Waals surface area contributed by atoms with Crippen LogP contribution in [0.5, 0.6) is 0 Å². The standard InChI is InChI=1S/C13H16N6/c1-4-9-6-11-16-17-13(12-14-7-8(3)15-12)19(11)18-10(9)5-2/h6H,4-5,7H2,1-3H3. The van der Waals surface area contributed by atoms with Crippen molar-refractivity contribution in [2.75, 3.05) is 6.54 Å². The Hall–Kier alpha value is -2.11. The van der Waals surface area contributed by atoms with E-state index >= 15 is 0 Å². The highest BCUT2D eigenvalue weighted by atomic mass is 15.4. The highest BCUT2D eigenvalue weighted by Gasteiger charge is 2.17. The summed E-state index contributed by atoms with van der Waals surface area (Å²) < 4.78 is 1.75. The topological polar surface area (TPSA) is 67.8 Å². The molecule has 0 atom stereocenters. The van der Waals surface area contributed by atoms with Gasteiger partial charge in [-0.3, -0.25) is 4.99 Å². The minimum absolute atomic E-state index is 0.629. The van der Waals surface area contributed by atoms with Crippen LogP contribution in [0.3, 0.4) is 0 Å². The van der Waals surface area contributed by atoms with Gasteiger partial charge in [-0.2, -0.15) is 9.61 Å². The lowest BCUT2D eigenvalue weighted by molar-refractivity contribution is 0.824. The van der Waals surface area contributed by atoms with Gasteiger partial charge in [0.1, 0.15) is 0 Å². The quantitative estimate of drug-likeness (QED) is 0.835. The van der Waals surface area contributed by atoms with Gasteiger partial charge in [-0.1, -0.05) is 13.8 Å². The second-order valence-electron chi connectivity index (χ2n) is 4.60. The zero-order chi connectivity index (χ0) is 13.4. The number of hydrogen-bond donors (Lipinski definition) is 0. The van der Waals surface area contributed by atoms with Crippen LogP contribution >= 0.6 is 0 Å². The molecule has 0 saturated carbocycles. The molecule has 3 heterocycles. The van der Waals surface area contributed by atoms with Crippen molar-refractivity contribution in [2.24, 2.45) is 9.98 Å². The maximum Gasteiger partial charge on any atom is 0.222 e. The predicted molar refractivity (Wildman–Crippen MR) is 74.1 cm³/mol. The molecule has 0 amide bonds. The first-order valence-corrected chi connectivity index (χ1v) is 6.56. The summed E-state index contributed by atoms with van der Waals surface area (Å²) in [6.07, 6.45) is 1.85. The summed E-state index contributed by atoms with van der Waals surface area (Å²) >= 11 is 0. The van der Waals surface area contributed by atoms with Gasteiger partial charge in [0.2, 0.25) is 5.82 Å². The highest BCUT2D eigenvalue weighted by Crippen LogP contribution is 2.13. The molecule has 0 unspecified atom stereocenters. The molecule has 98 valence electrons.